The number of ether oxygens (including phenoxy) is 2. The molecule has 0 bridgehead atoms. The number of rotatable bonds is 4. The Balaban J connectivity index is 1.85. The van der Waals surface area contributed by atoms with E-state index >= 15 is 0 Å². The molecule has 0 unspecified atom stereocenters. The number of alkyl carbamates (subject to hydrolysis) is 1. The lowest BCUT2D eigenvalue weighted by atomic mass is 9.77. The van der Waals surface area contributed by atoms with Crippen LogP contribution in [-0.2, 0) is 25.5 Å². The van der Waals surface area contributed by atoms with Crippen molar-refractivity contribution in [3.8, 4) is 0 Å². The molecule has 2 aliphatic heterocycles. The van der Waals surface area contributed by atoms with Crippen LogP contribution in [0.1, 0.15) is 45.6 Å². The van der Waals surface area contributed by atoms with Crippen LogP contribution in [0.3, 0.4) is 0 Å². The number of nitrogens with one attached hydrogen (secondary N) is 1. The number of benzene rings is 1. The van der Waals surface area contributed by atoms with Gasteiger partial charge in [-0.1, -0.05) is 30.3 Å². The molecule has 2 fully saturated rings. The molecule has 0 radical (unpaired) electrons. The molecule has 3 rings (SSSR count). The first-order valence-electron chi connectivity index (χ1n) is 10.1. The fourth-order valence-electron chi connectivity index (χ4n) is 4.44. The largest absolute Gasteiger partial charge is 0.468 e. The number of hydrogen-bond acceptors (Lipinski definition) is 5. The van der Waals surface area contributed by atoms with E-state index in [2.05, 4.69) is 5.32 Å². The first kappa shape index (κ1) is 21.1. The number of fused-ring (bicyclic) bond motifs is 1. The molecule has 2 saturated heterocycles. The Morgan fingerprint density at radius 2 is 1.93 bits per heavy atom. The molecule has 0 aliphatic carbocycles. The molecule has 2 heterocycles. The van der Waals surface area contributed by atoms with Crippen LogP contribution in [0, 0.1) is 5.41 Å². The van der Waals surface area contributed by atoms with Crippen molar-refractivity contribution in [2.75, 3.05) is 13.7 Å². The number of piperidine rings is 1. The molecule has 0 saturated carbocycles. The Bertz CT molecular complexity index is 773. The third-order valence-corrected chi connectivity index (χ3v) is 5.63. The van der Waals surface area contributed by atoms with E-state index in [4.69, 9.17) is 9.47 Å². The maximum atomic E-state index is 13.4. The summed E-state index contributed by atoms with van der Waals surface area (Å²) in [5, 5.41) is 2.92. The molecule has 3 atom stereocenters. The van der Waals surface area contributed by atoms with Gasteiger partial charge in [-0.3, -0.25) is 9.59 Å². The van der Waals surface area contributed by atoms with Gasteiger partial charge in [-0.05, 0) is 52.0 Å². The van der Waals surface area contributed by atoms with E-state index in [1.807, 2.05) is 30.3 Å². The highest BCUT2D eigenvalue weighted by Gasteiger charge is 2.59. The van der Waals surface area contributed by atoms with Crippen LogP contribution in [0.15, 0.2) is 30.3 Å². The summed E-state index contributed by atoms with van der Waals surface area (Å²) in [6.07, 6.45) is 1.58. The lowest BCUT2D eigenvalue weighted by Crippen LogP contribution is -2.54. The van der Waals surface area contributed by atoms with E-state index in [-0.39, 0.29) is 24.4 Å². The second-order valence-corrected chi connectivity index (χ2v) is 8.90. The first-order chi connectivity index (χ1) is 13.7. The van der Waals surface area contributed by atoms with Gasteiger partial charge in [-0.15, -0.1) is 0 Å². The zero-order chi connectivity index (χ0) is 21.2. The minimum atomic E-state index is -1.26. The number of carbonyl (C=O) groups is 3. The monoisotopic (exact) mass is 402 g/mol. The van der Waals surface area contributed by atoms with Gasteiger partial charge in [-0.2, -0.15) is 0 Å². The van der Waals surface area contributed by atoms with Crippen molar-refractivity contribution in [1.29, 1.82) is 0 Å². The summed E-state index contributed by atoms with van der Waals surface area (Å²) in [4.78, 5) is 40.3. The molecular formula is C22H30N2O5. The van der Waals surface area contributed by atoms with Crippen LogP contribution < -0.4 is 5.32 Å². The highest BCUT2D eigenvalue weighted by molar-refractivity contribution is 6.05. The Kier molecular flexibility index (Phi) is 5.87. The summed E-state index contributed by atoms with van der Waals surface area (Å²) >= 11 is 0. The number of methoxy groups -OCH3 is 1. The molecule has 1 aromatic carbocycles. The zero-order valence-electron chi connectivity index (χ0n) is 17.6. The average molecular weight is 402 g/mol. The molecule has 7 heteroatoms. The number of carbonyl (C=O) groups excluding carboxylic acids is 3. The number of esters is 1. The summed E-state index contributed by atoms with van der Waals surface area (Å²) in [7, 11) is 1.32. The highest BCUT2D eigenvalue weighted by atomic mass is 16.6. The minimum absolute atomic E-state index is 0.214. The van der Waals surface area contributed by atoms with Gasteiger partial charge in [0.2, 0.25) is 5.91 Å². The van der Waals surface area contributed by atoms with Gasteiger partial charge >= 0.3 is 12.1 Å². The van der Waals surface area contributed by atoms with Crippen molar-refractivity contribution >= 4 is 18.0 Å². The second-order valence-electron chi connectivity index (χ2n) is 8.90. The van der Waals surface area contributed by atoms with Gasteiger partial charge in [0, 0.05) is 6.54 Å². The van der Waals surface area contributed by atoms with Crippen LogP contribution in [0.5, 0.6) is 0 Å². The molecule has 29 heavy (non-hydrogen) atoms. The van der Waals surface area contributed by atoms with Gasteiger partial charge in [-0.25, -0.2) is 4.79 Å². The minimum Gasteiger partial charge on any atom is -0.468 e. The third-order valence-electron chi connectivity index (χ3n) is 5.63. The van der Waals surface area contributed by atoms with Crippen molar-refractivity contribution in [2.45, 2.75) is 64.1 Å². The van der Waals surface area contributed by atoms with Crippen molar-refractivity contribution < 1.29 is 23.9 Å². The van der Waals surface area contributed by atoms with E-state index in [1.165, 1.54) is 7.11 Å². The topological polar surface area (TPSA) is 84.9 Å². The number of nitrogens with zero attached hydrogens (tertiary/aromatic N) is 1. The third kappa shape index (κ3) is 4.38. The molecule has 158 valence electrons. The molecule has 0 aromatic heterocycles. The zero-order valence-corrected chi connectivity index (χ0v) is 17.6. The van der Waals surface area contributed by atoms with Gasteiger partial charge in [0.25, 0.3) is 0 Å². The lowest BCUT2D eigenvalue weighted by Gasteiger charge is -2.37. The van der Waals surface area contributed by atoms with E-state index < -0.39 is 23.1 Å². The predicted molar refractivity (Wildman–Crippen MR) is 107 cm³/mol. The maximum absolute atomic E-state index is 13.4. The predicted octanol–water partition coefficient (Wildman–Crippen LogP) is 2.68. The molecule has 2 aliphatic rings. The summed E-state index contributed by atoms with van der Waals surface area (Å²) in [5.41, 5.74) is -0.964. The van der Waals surface area contributed by atoms with Gasteiger partial charge < -0.3 is 19.7 Å². The second kappa shape index (κ2) is 8.05. The Labute approximate surface area is 171 Å². The molecule has 1 N–H and O–H groups in total. The van der Waals surface area contributed by atoms with Crippen molar-refractivity contribution in [3.05, 3.63) is 35.9 Å². The summed E-state index contributed by atoms with van der Waals surface area (Å²) < 4.78 is 10.5. The normalized spacial score (nSPS) is 26.6. The van der Waals surface area contributed by atoms with Crippen LogP contribution in [0.4, 0.5) is 4.79 Å². The van der Waals surface area contributed by atoms with Gasteiger partial charge in [0.1, 0.15) is 5.60 Å². The maximum Gasteiger partial charge on any atom is 0.407 e. The number of amides is 2. The molecule has 2 amide bonds. The van der Waals surface area contributed by atoms with Crippen LogP contribution in [-0.4, -0.2) is 54.2 Å². The molecule has 7 nitrogen and oxygen atoms in total. The van der Waals surface area contributed by atoms with Crippen molar-refractivity contribution in [3.63, 3.8) is 0 Å². The Morgan fingerprint density at radius 1 is 1.24 bits per heavy atom. The Hall–Kier alpha value is -2.57. The molecular weight excluding hydrogens is 372 g/mol. The van der Waals surface area contributed by atoms with Crippen molar-refractivity contribution in [1.82, 2.24) is 10.2 Å². The quantitative estimate of drug-likeness (QED) is 0.618. The summed E-state index contributed by atoms with van der Waals surface area (Å²) in [5.74, 6) is -0.731. The summed E-state index contributed by atoms with van der Waals surface area (Å²) in [6.45, 7) is 5.99. The van der Waals surface area contributed by atoms with Crippen LogP contribution in [0.2, 0.25) is 0 Å². The lowest BCUT2D eigenvalue weighted by molar-refractivity contribution is -0.159. The molecule has 1 aromatic rings. The van der Waals surface area contributed by atoms with E-state index in [9.17, 15) is 14.4 Å². The van der Waals surface area contributed by atoms with Crippen LogP contribution in [0.25, 0.3) is 0 Å². The fourth-order valence-corrected chi connectivity index (χ4v) is 4.44. The van der Waals surface area contributed by atoms with Gasteiger partial charge in [0.05, 0.1) is 19.2 Å². The SMILES string of the molecule is COC(=O)[C@@]1(Cc2ccccc2)C[C@@H]2[C@@H](NC(=O)OC(C)(C)C)CCCN2C1=O. The van der Waals surface area contributed by atoms with E-state index in [0.29, 0.717) is 13.0 Å². The highest BCUT2D eigenvalue weighted by Crippen LogP contribution is 2.43. The standard InChI is InChI=1S/C22H30N2O5/c1-21(2,3)29-20(27)23-16-11-8-12-24-17(16)14-22(18(24)25,19(26)28-4)13-15-9-6-5-7-10-15/h5-7,9-10,16-17H,8,11-14H2,1-4H3,(H,23,27)/t16-,17+,22-/m0/s1. The fraction of sp³-hybridized carbons (Fsp3) is 0.591. The Morgan fingerprint density at radius 3 is 2.55 bits per heavy atom. The van der Waals surface area contributed by atoms with Crippen molar-refractivity contribution in [2.24, 2.45) is 5.41 Å². The van der Waals surface area contributed by atoms with Crippen LogP contribution >= 0.6 is 0 Å². The smallest absolute Gasteiger partial charge is 0.407 e. The van der Waals surface area contributed by atoms with E-state index in [0.717, 1.165) is 18.4 Å². The summed E-state index contributed by atoms with van der Waals surface area (Å²) in [6, 6.07) is 8.98. The average Bonchev–Trinajstić information content (AvgIpc) is 2.94. The van der Waals surface area contributed by atoms with Gasteiger partial charge in [0.15, 0.2) is 5.41 Å². The number of hydrogen-bond donors (Lipinski definition) is 1. The van der Waals surface area contributed by atoms with E-state index in [1.54, 1.807) is 25.7 Å². The molecule has 0 spiro atoms. The first-order valence-corrected chi connectivity index (χ1v) is 10.1.